The van der Waals surface area contributed by atoms with E-state index in [4.69, 9.17) is 17.3 Å². The van der Waals surface area contributed by atoms with Gasteiger partial charge in [0, 0.05) is 12.6 Å². The second kappa shape index (κ2) is 3.31. The Morgan fingerprint density at radius 2 is 2.21 bits per heavy atom. The Hall–Kier alpha value is -1.55. The van der Waals surface area contributed by atoms with Crippen LogP contribution in [0.4, 0.5) is 5.69 Å². The molecule has 0 radical (unpaired) electrons. The van der Waals surface area contributed by atoms with Crippen LogP contribution in [0.2, 0.25) is 5.02 Å². The van der Waals surface area contributed by atoms with Crippen LogP contribution in [0.3, 0.4) is 0 Å². The third-order valence-corrected chi connectivity index (χ3v) is 2.24. The molecule has 4 nitrogen and oxygen atoms in total. The van der Waals surface area contributed by atoms with Crippen molar-refractivity contribution in [3.05, 3.63) is 29.4 Å². The molecular formula is C9H9ClN4. The quantitative estimate of drug-likeness (QED) is 0.726. The van der Waals surface area contributed by atoms with Gasteiger partial charge in [0.25, 0.3) is 0 Å². The highest BCUT2D eigenvalue weighted by atomic mass is 35.5. The molecule has 0 aliphatic carbocycles. The Morgan fingerprint density at radius 3 is 2.79 bits per heavy atom. The summed E-state index contributed by atoms with van der Waals surface area (Å²) in [5.41, 5.74) is 7.93. The van der Waals surface area contributed by atoms with Crippen LogP contribution < -0.4 is 5.73 Å². The highest BCUT2D eigenvalue weighted by Crippen LogP contribution is 2.24. The first-order valence-corrected chi connectivity index (χ1v) is 4.46. The zero-order valence-corrected chi connectivity index (χ0v) is 8.36. The Morgan fingerprint density at radius 1 is 1.43 bits per heavy atom. The van der Waals surface area contributed by atoms with Crippen molar-refractivity contribution in [1.82, 2.24) is 15.0 Å². The van der Waals surface area contributed by atoms with Gasteiger partial charge >= 0.3 is 0 Å². The highest BCUT2D eigenvalue weighted by Gasteiger charge is 2.04. The molecule has 14 heavy (non-hydrogen) atoms. The molecular weight excluding hydrogens is 200 g/mol. The molecule has 1 aromatic carbocycles. The lowest BCUT2D eigenvalue weighted by molar-refractivity contribution is 0.715. The van der Waals surface area contributed by atoms with E-state index in [0.717, 1.165) is 11.3 Å². The topological polar surface area (TPSA) is 56.7 Å². The largest absolute Gasteiger partial charge is 0.398 e. The number of rotatable bonds is 1. The second-order valence-corrected chi connectivity index (χ2v) is 3.42. The number of anilines is 1. The summed E-state index contributed by atoms with van der Waals surface area (Å²) in [6, 6.07) is 5.40. The van der Waals surface area contributed by atoms with E-state index in [9.17, 15) is 0 Å². The molecule has 1 heterocycles. The van der Waals surface area contributed by atoms with Crippen LogP contribution in [0, 0.1) is 0 Å². The molecule has 0 aliphatic rings. The second-order valence-electron chi connectivity index (χ2n) is 3.01. The fourth-order valence-corrected chi connectivity index (χ4v) is 1.30. The van der Waals surface area contributed by atoms with Crippen LogP contribution in [0.5, 0.6) is 0 Å². The smallest absolute Gasteiger partial charge is 0.113 e. The molecule has 2 rings (SSSR count). The molecule has 0 saturated heterocycles. The van der Waals surface area contributed by atoms with Gasteiger partial charge in [-0.05, 0) is 12.1 Å². The molecule has 2 aromatic rings. The molecule has 0 atom stereocenters. The minimum absolute atomic E-state index is 0.551. The van der Waals surface area contributed by atoms with Crippen molar-refractivity contribution in [2.24, 2.45) is 7.05 Å². The maximum Gasteiger partial charge on any atom is 0.113 e. The Balaban J connectivity index is 2.47. The molecule has 0 fully saturated rings. The summed E-state index contributed by atoms with van der Waals surface area (Å²) in [6.45, 7) is 0. The van der Waals surface area contributed by atoms with Gasteiger partial charge in [-0.25, -0.2) is 0 Å². The van der Waals surface area contributed by atoms with Crippen LogP contribution in [-0.2, 0) is 7.05 Å². The van der Waals surface area contributed by atoms with Crippen molar-refractivity contribution < 1.29 is 0 Å². The number of hydrogen-bond donors (Lipinski definition) is 1. The standard InChI is InChI=1S/C9H9ClN4/c1-14-5-9(12-13-14)6-2-3-7(10)8(11)4-6/h2-5H,11H2,1H3. The predicted octanol–water partition coefficient (Wildman–Crippen LogP) is 1.72. The number of aryl methyl sites for hydroxylation is 1. The number of nitrogens with two attached hydrogens (primary N) is 1. The van der Waals surface area contributed by atoms with E-state index >= 15 is 0 Å². The van der Waals surface area contributed by atoms with Gasteiger partial charge in [-0.2, -0.15) is 0 Å². The van der Waals surface area contributed by atoms with Gasteiger partial charge in [-0.3, -0.25) is 4.68 Å². The highest BCUT2D eigenvalue weighted by molar-refractivity contribution is 6.33. The van der Waals surface area contributed by atoms with Gasteiger partial charge < -0.3 is 5.73 Å². The van der Waals surface area contributed by atoms with E-state index in [1.54, 1.807) is 16.8 Å². The van der Waals surface area contributed by atoms with Gasteiger partial charge in [-0.1, -0.05) is 22.9 Å². The summed E-state index contributed by atoms with van der Waals surface area (Å²) >= 11 is 5.81. The Labute approximate surface area is 86.3 Å². The fourth-order valence-electron chi connectivity index (χ4n) is 1.18. The summed E-state index contributed by atoms with van der Waals surface area (Å²) in [4.78, 5) is 0. The first kappa shape index (κ1) is 9.02. The molecule has 0 saturated carbocycles. The van der Waals surface area contributed by atoms with Crippen LogP contribution in [0.15, 0.2) is 24.4 Å². The van der Waals surface area contributed by atoms with E-state index in [0.29, 0.717) is 10.7 Å². The summed E-state index contributed by atoms with van der Waals surface area (Å²) in [7, 11) is 1.82. The summed E-state index contributed by atoms with van der Waals surface area (Å²) in [5, 5.41) is 8.36. The third-order valence-electron chi connectivity index (χ3n) is 1.89. The van der Waals surface area contributed by atoms with Crippen LogP contribution >= 0.6 is 11.6 Å². The van der Waals surface area contributed by atoms with Crippen molar-refractivity contribution in [2.75, 3.05) is 5.73 Å². The average molecular weight is 209 g/mol. The maximum atomic E-state index is 5.81. The lowest BCUT2D eigenvalue weighted by Gasteiger charge is -1.99. The van der Waals surface area contributed by atoms with E-state index in [-0.39, 0.29) is 0 Å². The lowest BCUT2D eigenvalue weighted by Crippen LogP contribution is -1.87. The normalized spacial score (nSPS) is 10.4. The van der Waals surface area contributed by atoms with Gasteiger partial charge in [0.2, 0.25) is 0 Å². The monoisotopic (exact) mass is 208 g/mol. The van der Waals surface area contributed by atoms with Crippen molar-refractivity contribution in [2.45, 2.75) is 0 Å². The molecule has 0 bridgehead atoms. The van der Waals surface area contributed by atoms with Crippen molar-refractivity contribution in [1.29, 1.82) is 0 Å². The van der Waals surface area contributed by atoms with Gasteiger partial charge in [0.1, 0.15) is 5.69 Å². The number of aromatic nitrogens is 3. The molecule has 0 unspecified atom stereocenters. The Kier molecular flexibility index (Phi) is 2.13. The molecule has 5 heteroatoms. The summed E-state index contributed by atoms with van der Waals surface area (Å²) in [5.74, 6) is 0. The minimum Gasteiger partial charge on any atom is -0.398 e. The molecule has 72 valence electrons. The predicted molar refractivity (Wildman–Crippen MR) is 55.9 cm³/mol. The lowest BCUT2D eigenvalue weighted by atomic mass is 10.1. The van der Waals surface area contributed by atoms with Crippen LogP contribution in [0.25, 0.3) is 11.3 Å². The first-order chi connectivity index (χ1) is 6.66. The molecule has 0 amide bonds. The Bertz CT molecular complexity index is 464. The molecule has 0 aliphatic heterocycles. The summed E-state index contributed by atoms with van der Waals surface area (Å²) < 4.78 is 1.64. The van der Waals surface area contributed by atoms with E-state index < -0.39 is 0 Å². The van der Waals surface area contributed by atoms with Crippen molar-refractivity contribution >= 4 is 17.3 Å². The van der Waals surface area contributed by atoms with Crippen molar-refractivity contribution in [3.8, 4) is 11.3 Å². The molecule has 0 spiro atoms. The maximum absolute atomic E-state index is 5.81. The summed E-state index contributed by atoms with van der Waals surface area (Å²) in [6.07, 6.45) is 1.82. The SMILES string of the molecule is Cn1cc(-c2ccc(Cl)c(N)c2)nn1. The zero-order chi connectivity index (χ0) is 10.1. The molecule has 2 N–H and O–H groups in total. The first-order valence-electron chi connectivity index (χ1n) is 4.08. The minimum atomic E-state index is 0.551. The van der Waals surface area contributed by atoms with E-state index in [1.165, 1.54) is 0 Å². The van der Waals surface area contributed by atoms with Gasteiger partial charge in [0.15, 0.2) is 0 Å². The van der Waals surface area contributed by atoms with Crippen LogP contribution in [0.1, 0.15) is 0 Å². The van der Waals surface area contributed by atoms with Gasteiger partial charge in [0.05, 0.1) is 16.9 Å². The van der Waals surface area contributed by atoms with Gasteiger partial charge in [-0.15, -0.1) is 5.10 Å². The number of nitrogen functional groups attached to an aromatic ring is 1. The number of nitrogens with zero attached hydrogens (tertiary/aromatic N) is 3. The number of benzene rings is 1. The molecule has 1 aromatic heterocycles. The average Bonchev–Trinajstić information content (AvgIpc) is 2.57. The zero-order valence-electron chi connectivity index (χ0n) is 7.61. The number of halogens is 1. The van der Waals surface area contributed by atoms with E-state index in [2.05, 4.69) is 10.3 Å². The van der Waals surface area contributed by atoms with Crippen molar-refractivity contribution in [3.63, 3.8) is 0 Å². The number of hydrogen-bond acceptors (Lipinski definition) is 3. The fraction of sp³-hybridized carbons (Fsp3) is 0.111. The van der Waals surface area contributed by atoms with Crippen LogP contribution in [-0.4, -0.2) is 15.0 Å². The third kappa shape index (κ3) is 1.56. The van der Waals surface area contributed by atoms with E-state index in [1.807, 2.05) is 19.3 Å².